The lowest BCUT2D eigenvalue weighted by molar-refractivity contribution is -0.228. The SMILES string of the molecule is CC[C@H]1[C@@H](O)[C@@H]2[C@H](C[C@H](O)[C@]3(C)[C@@H]([C@H](C)C[C@H](C)C(C)=O)CC[C@@H]23)[C@@]2(C)CC[C@@H](O)C[C@@H]12. The van der Waals surface area contributed by atoms with Crippen LogP contribution < -0.4 is 0 Å². The second-order valence-electron chi connectivity index (χ2n) is 12.9. The van der Waals surface area contributed by atoms with Crippen LogP contribution in [-0.4, -0.2) is 39.4 Å². The third-order valence-corrected chi connectivity index (χ3v) is 11.7. The maximum atomic E-state index is 11.9. The van der Waals surface area contributed by atoms with Crippen LogP contribution in [0.2, 0.25) is 0 Å². The Hall–Kier alpha value is -0.450. The van der Waals surface area contributed by atoms with Crippen molar-refractivity contribution in [2.24, 2.45) is 58.2 Å². The van der Waals surface area contributed by atoms with Gasteiger partial charge in [0.25, 0.3) is 0 Å². The van der Waals surface area contributed by atoms with E-state index in [-0.39, 0.29) is 52.7 Å². The molecule has 0 radical (unpaired) electrons. The number of aliphatic hydroxyl groups excluding tert-OH is 3. The quantitative estimate of drug-likeness (QED) is 0.563. The Bertz CT molecular complexity index is 708. The molecule has 4 aliphatic carbocycles. The normalized spacial score (nSPS) is 52.5. The van der Waals surface area contributed by atoms with Crippen molar-refractivity contribution in [3.05, 3.63) is 0 Å². The van der Waals surface area contributed by atoms with Crippen molar-refractivity contribution in [3.8, 4) is 0 Å². The van der Waals surface area contributed by atoms with E-state index in [9.17, 15) is 20.1 Å². The van der Waals surface area contributed by atoms with Gasteiger partial charge in [0.05, 0.1) is 18.3 Å². The Morgan fingerprint density at radius 2 is 1.69 bits per heavy atom. The average molecular weight is 449 g/mol. The first-order valence-electron chi connectivity index (χ1n) is 13.5. The third-order valence-electron chi connectivity index (χ3n) is 11.7. The Labute approximate surface area is 195 Å². The number of fused-ring (bicyclic) bond motifs is 5. The predicted molar refractivity (Wildman–Crippen MR) is 127 cm³/mol. The maximum absolute atomic E-state index is 11.9. The number of Topliss-reactive ketones (excluding diaryl/α,β-unsaturated/α-hetero) is 1. The van der Waals surface area contributed by atoms with Gasteiger partial charge in [-0.3, -0.25) is 4.79 Å². The van der Waals surface area contributed by atoms with Crippen LogP contribution in [0.15, 0.2) is 0 Å². The number of ketones is 1. The second-order valence-corrected chi connectivity index (χ2v) is 12.9. The van der Waals surface area contributed by atoms with Crippen molar-refractivity contribution in [3.63, 3.8) is 0 Å². The molecule has 184 valence electrons. The highest BCUT2D eigenvalue weighted by Crippen LogP contribution is 2.69. The van der Waals surface area contributed by atoms with Crippen LogP contribution in [0.3, 0.4) is 0 Å². The molecule has 3 N–H and O–H groups in total. The van der Waals surface area contributed by atoms with Gasteiger partial charge in [-0.05, 0) is 104 Å². The summed E-state index contributed by atoms with van der Waals surface area (Å²) in [7, 11) is 0. The summed E-state index contributed by atoms with van der Waals surface area (Å²) < 4.78 is 0. The summed E-state index contributed by atoms with van der Waals surface area (Å²) in [5.41, 5.74) is -0.0906. The second kappa shape index (κ2) is 8.64. The Morgan fingerprint density at radius 3 is 2.31 bits per heavy atom. The van der Waals surface area contributed by atoms with E-state index in [1.807, 2.05) is 6.92 Å². The zero-order chi connectivity index (χ0) is 23.6. The highest BCUT2D eigenvalue weighted by Gasteiger charge is 2.67. The Kier molecular flexibility index (Phi) is 6.66. The van der Waals surface area contributed by atoms with E-state index in [1.165, 1.54) is 0 Å². The maximum Gasteiger partial charge on any atom is 0.132 e. The molecule has 0 spiro atoms. The zero-order valence-corrected chi connectivity index (χ0v) is 21.3. The van der Waals surface area contributed by atoms with E-state index < -0.39 is 0 Å². The molecule has 0 heterocycles. The largest absolute Gasteiger partial charge is 0.393 e. The van der Waals surface area contributed by atoms with Gasteiger partial charge >= 0.3 is 0 Å². The van der Waals surface area contributed by atoms with Gasteiger partial charge in [0.2, 0.25) is 0 Å². The monoisotopic (exact) mass is 448 g/mol. The minimum Gasteiger partial charge on any atom is -0.393 e. The number of carbonyl (C=O) groups is 1. The molecule has 0 unspecified atom stereocenters. The molecule has 0 amide bonds. The molecule has 0 aliphatic heterocycles. The number of carbonyl (C=O) groups excluding carboxylic acids is 1. The molecule has 4 fully saturated rings. The van der Waals surface area contributed by atoms with Crippen LogP contribution in [-0.2, 0) is 4.79 Å². The molecule has 0 aromatic carbocycles. The first-order valence-corrected chi connectivity index (χ1v) is 13.5. The Morgan fingerprint density at radius 1 is 1.00 bits per heavy atom. The highest BCUT2D eigenvalue weighted by molar-refractivity contribution is 5.77. The van der Waals surface area contributed by atoms with Crippen molar-refractivity contribution in [2.45, 2.75) is 111 Å². The number of hydrogen-bond donors (Lipinski definition) is 3. The van der Waals surface area contributed by atoms with Gasteiger partial charge in [-0.2, -0.15) is 0 Å². The van der Waals surface area contributed by atoms with Gasteiger partial charge in [-0.1, -0.05) is 41.0 Å². The lowest BCUT2D eigenvalue weighted by Crippen LogP contribution is -2.65. The molecule has 32 heavy (non-hydrogen) atoms. The molecule has 13 atom stereocenters. The topological polar surface area (TPSA) is 77.8 Å². The molecule has 4 aliphatic rings. The van der Waals surface area contributed by atoms with Gasteiger partial charge in [0.1, 0.15) is 5.78 Å². The van der Waals surface area contributed by atoms with Crippen molar-refractivity contribution < 1.29 is 20.1 Å². The molecular weight excluding hydrogens is 400 g/mol. The zero-order valence-electron chi connectivity index (χ0n) is 21.3. The lowest BCUT2D eigenvalue weighted by Gasteiger charge is -2.65. The number of hydrogen-bond acceptors (Lipinski definition) is 4. The standard InChI is InChI=1S/C28H48O4/c1-7-19-22-13-18(30)10-11-27(22,5)23-14-24(31)28(6)20(16(3)12-15(2)17(4)29)8-9-21(28)25(23)26(19)32/h15-16,18-26,30-32H,7-14H2,1-6H3/t15-,16+,18+,19+,20+,21-,22-,23-,24-,25-,26+,27-,28+/m0/s1. The van der Waals surface area contributed by atoms with Crippen molar-refractivity contribution in [1.29, 1.82) is 0 Å². The molecule has 4 saturated carbocycles. The highest BCUT2D eigenvalue weighted by atomic mass is 16.3. The minimum atomic E-state index is -0.356. The van der Waals surface area contributed by atoms with Crippen molar-refractivity contribution in [1.82, 2.24) is 0 Å². The van der Waals surface area contributed by atoms with Gasteiger partial charge in [0.15, 0.2) is 0 Å². The molecule has 4 rings (SSSR count). The van der Waals surface area contributed by atoms with E-state index in [1.54, 1.807) is 6.92 Å². The summed E-state index contributed by atoms with van der Waals surface area (Å²) in [6.45, 7) is 12.9. The molecule has 0 aromatic heterocycles. The summed E-state index contributed by atoms with van der Waals surface area (Å²) in [5.74, 6) is 2.61. The van der Waals surface area contributed by atoms with Gasteiger partial charge < -0.3 is 15.3 Å². The summed E-state index contributed by atoms with van der Waals surface area (Å²) in [6.07, 6.45) is 6.52. The summed E-state index contributed by atoms with van der Waals surface area (Å²) >= 11 is 0. The number of aliphatic hydroxyl groups is 3. The van der Waals surface area contributed by atoms with Crippen molar-refractivity contribution in [2.75, 3.05) is 0 Å². The van der Waals surface area contributed by atoms with Gasteiger partial charge in [-0.25, -0.2) is 0 Å². The van der Waals surface area contributed by atoms with Crippen LogP contribution in [0.5, 0.6) is 0 Å². The fourth-order valence-corrected chi connectivity index (χ4v) is 9.78. The van der Waals surface area contributed by atoms with Crippen LogP contribution in [0.25, 0.3) is 0 Å². The Balaban J connectivity index is 1.66. The van der Waals surface area contributed by atoms with Crippen LogP contribution in [0, 0.1) is 58.2 Å². The van der Waals surface area contributed by atoms with Gasteiger partial charge in [0, 0.05) is 5.92 Å². The predicted octanol–water partition coefficient (Wildman–Crippen LogP) is 4.84. The molecule has 0 aromatic rings. The van der Waals surface area contributed by atoms with Gasteiger partial charge in [-0.15, -0.1) is 0 Å². The fraction of sp³-hybridized carbons (Fsp3) is 0.964. The lowest BCUT2D eigenvalue weighted by atomic mass is 9.41. The number of rotatable bonds is 5. The van der Waals surface area contributed by atoms with E-state index in [0.717, 1.165) is 51.4 Å². The third kappa shape index (κ3) is 3.53. The van der Waals surface area contributed by atoms with E-state index >= 15 is 0 Å². The van der Waals surface area contributed by atoms with Crippen molar-refractivity contribution >= 4 is 5.78 Å². The molecular formula is C28H48O4. The fourth-order valence-electron chi connectivity index (χ4n) is 9.78. The van der Waals surface area contributed by atoms with Crippen LogP contribution in [0.1, 0.15) is 92.9 Å². The molecule has 0 saturated heterocycles. The minimum absolute atomic E-state index is 0.0687. The molecule has 0 bridgehead atoms. The van der Waals surface area contributed by atoms with E-state index in [2.05, 4.69) is 27.7 Å². The first kappa shape index (κ1) is 24.7. The average Bonchev–Trinajstić information content (AvgIpc) is 3.09. The smallest absolute Gasteiger partial charge is 0.132 e. The molecule has 4 nitrogen and oxygen atoms in total. The summed E-state index contributed by atoms with van der Waals surface area (Å²) in [4.78, 5) is 11.9. The molecule has 4 heteroatoms. The van der Waals surface area contributed by atoms with E-state index in [4.69, 9.17) is 0 Å². The van der Waals surface area contributed by atoms with Crippen LogP contribution >= 0.6 is 0 Å². The summed E-state index contributed by atoms with van der Waals surface area (Å²) in [5, 5.41) is 33.9. The summed E-state index contributed by atoms with van der Waals surface area (Å²) in [6, 6.07) is 0. The van der Waals surface area contributed by atoms with Crippen LogP contribution in [0.4, 0.5) is 0 Å². The van der Waals surface area contributed by atoms with E-state index in [0.29, 0.717) is 29.6 Å². The first-order chi connectivity index (χ1) is 15.0.